The van der Waals surface area contributed by atoms with Gasteiger partial charge in [0.25, 0.3) is 5.91 Å². The second-order valence-corrected chi connectivity index (χ2v) is 5.19. The maximum Gasteiger partial charge on any atom is 0.251 e. The second-order valence-electron chi connectivity index (χ2n) is 4.32. The highest BCUT2D eigenvalue weighted by atomic mass is 35.5. The van der Waals surface area contributed by atoms with E-state index in [0.717, 1.165) is 0 Å². The minimum absolute atomic E-state index is 0.179. The van der Waals surface area contributed by atoms with Crippen LogP contribution in [-0.4, -0.2) is 12.5 Å². The molecule has 0 fully saturated rings. The summed E-state index contributed by atoms with van der Waals surface area (Å²) in [5, 5.41) is 3.64. The topological polar surface area (TPSA) is 64.3 Å². The average molecular weight is 325 g/mol. The largest absolute Gasteiger partial charge is 0.455 e. The zero-order valence-corrected chi connectivity index (χ0v) is 12.8. The molecule has 0 saturated carbocycles. The van der Waals surface area contributed by atoms with Gasteiger partial charge in [-0.1, -0.05) is 23.2 Å². The van der Waals surface area contributed by atoms with Crippen molar-refractivity contribution >= 4 is 34.8 Å². The third-order valence-corrected chi connectivity index (χ3v) is 3.11. The van der Waals surface area contributed by atoms with Crippen LogP contribution < -0.4 is 15.8 Å². The van der Waals surface area contributed by atoms with Crippen molar-refractivity contribution in [1.82, 2.24) is 5.32 Å². The van der Waals surface area contributed by atoms with Crippen molar-refractivity contribution in [3.63, 3.8) is 0 Å². The van der Waals surface area contributed by atoms with Gasteiger partial charge in [0, 0.05) is 22.2 Å². The van der Waals surface area contributed by atoms with E-state index >= 15 is 0 Å². The van der Waals surface area contributed by atoms with Crippen molar-refractivity contribution in [2.45, 2.75) is 6.92 Å². The van der Waals surface area contributed by atoms with E-state index in [1.165, 1.54) is 0 Å². The molecule has 0 unspecified atom stereocenters. The van der Waals surface area contributed by atoms with Gasteiger partial charge < -0.3 is 15.8 Å². The zero-order valence-electron chi connectivity index (χ0n) is 11.3. The molecule has 110 valence electrons. The number of carbonyl (C=O) groups excluding carboxylic acids is 1. The Morgan fingerprint density at radius 3 is 2.43 bits per heavy atom. The van der Waals surface area contributed by atoms with Crippen molar-refractivity contribution < 1.29 is 9.53 Å². The Morgan fingerprint density at radius 2 is 1.86 bits per heavy atom. The third kappa shape index (κ3) is 4.03. The first-order valence-electron chi connectivity index (χ1n) is 6.31. The molecule has 0 spiro atoms. The smallest absolute Gasteiger partial charge is 0.251 e. The van der Waals surface area contributed by atoms with Crippen LogP contribution in [0.25, 0.3) is 0 Å². The van der Waals surface area contributed by atoms with Crippen molar-refractivity contribution in [2.75, 3.05) is 12.3 Å². The molecule has 0 aliphatic carbocycles. The number of nitrogens with two attached hydrogens (primary N) is 1. The molecule has 3 N–H and O–H groups in total. The van der Waals surface area contributed by atoms with Crippen LogP contribution in [0.2, 0.25) is 10.0 Å². The molecule has 4 nitrogen and oxygen atoms in total. The van der Waals surface area contributed by atoms with E-state index in [0.29, 0.717) is 39.3 Å². The maximum absolute atomic E-state index is 11.7. The fourth-order valence-corrected chi connectivity index (χ4v) is 2.27. The molecule has 2 aromatic rings. The first-order chi connectivity index (χ1) is 9.99. The normalized spacial score (nSPS) is 10.2. The Hall–Kier alpha value is -1.91. The summed E-state index contributed by atoms with van der Waals surface area (Å²) >= 11 is 11.8. The Morgan fingerprint density at radius 1 is 1.19 bits per heavy atom. The summed E-state index contributed by atoms with van der Waals surface area (Å²) in [5.41, 5.74) is 6.74. The van der Waals surface area contributed by atoms with Crippen molar-refractivity contribution in [3.8, 4) is 11.5 Å². The molecule has 0 aliphatic heterocycles. The van der Waals surface area contributed by atoms with Crippen LogP contribution in [-0.2, 0) is 0 Å². The van der Waals surface area contributed by atoms with Crippen molar-refractivity contribution in [2.24, 2.45) is 0 Å². The van der Waals surface area contributed by atoms with Crippen LogP contribution in [0.5, 0.6) is 11.5 Å². The van der Waals surface area contributed by atoms with Gasteiger partial charge in [0.05, 0.1) is 5.69 Å². The van der Waals surface area contributed by atoms with E-state index < -0.39 is 0 Å². The lowest BCUT2D eigenvalue weighted by Crippen LogP contribution is -2.22. The summed E-state index contributed by atoms with van der Waals surface area (Å²) in [6, 6.07) is 9.71. The molecule has 1 amide bonds. The van der Waals surface area contributed by atoms with E-state index in [1.54, 1.807) is 36.4 Å². The lowest BCUT2D eigenvalue weighted by Gasteiger charge is -2.10. The van der Waals surface area contributed by atoms with Gasteiger partial charge in [-0.15, -0.1) is 0 Å². The number of carbonyl (C=O) groups is 1. The van der Waals surface area contributed by atoms with Crippen LogP contribution in [0.15, 0.2) is 36.4 Å². The summed E-state index contributed by atoms with van der Waals surface area (Å²) in [6.45, 7) is 2.40. The predicted octanol–water partition coefficient (Wildman–Crippen LogP) is 4.12. The molecule has 21 heavy (non-hydrogen) atoms. The minimum Gasteiger partial charge on any atom is -0.455 e. The third-order valence-electron chi connectivity index (χ3n) is 2.67. The Labute approximate surface area is 132 Å². The number of benzene rings is 2. The summed E-state index contributed by atoms with van der Waals surface area (Å²) in [6.07, 6.45) is 0. The van der Waals surface area contributed by atoms with Gasteiger partial charge in [-0.3, -0.25) is 4.79 Å². The number of halogens is 2. The number of ether oxygens (including phenoxy) is 1. The molecule has 0 bridgehead atoms. The van der Waals surface area contributed by atoms with E-state index in [4.69, 9.17) is 33.7 Å². The molecule has 0 aromatic heterocycles. The molecular weight excluding hydrogens is 311 g/mol. The number of rotatable bonds is 4. The molecule has 0 atom stereocenters. The van der Waals surface area contributed by atoms with E-state index in [1.807, 2.05) is 6.92 Å². The van der Waals surface area contributed by atoms with Crippen LogP contribution in [0.1, 0.15) is 17.3 Å². The van der Waals surface area contributed by atoms with Crippen LogP contribution >= 0.6 is 23.2 Å². The lowest BCUT2D eigenvalue weighted by molar-refractivity contribution is 0.0956. The molecule has 6 heteroatoms. The fourth-order valence-electron chi connectivity index (χ4n) is 1.76. The molecule has 2 rings (SSSR count). The Balaban J connectivity index is 2.23. The number of nitrogens with one attached hydrogen (secondary N) is 1. The number of amides is 1. The fraction of sp³-hybridized carbons (Fsp3) is 0.133. The van der Waals surface area contributed by atoms with Crippen LogP contribution in [0.3, 0.4) is 0 Å². The van der Waals surface area contributed by atoms with Crippen molar-refractivity contribution in [3.05, 3.63) is 52.0 Å². The first kappa shape index (κ1) is 15.5. The molecule has 0 radical (unpaired) electrons. The van der Waals surface area contributed by atoms with Gasteiger partial charge in [-0.05, 0) is 43.3 Å². The number of hydrogen-bond donors (Lipinski definition) is 2. The van der Waals surface area contributed by atoms with Gasteiger partial charge in [0.2, 0.25) is 0 Å². The molecule has 0 heterocycles. The van der Waals surface area contributed by atoms with Gasteiger partial charge in [0.15, 0.2) is 0 Å². The van der Waals surface area contributed by atoms with E-state index in [9.17, 15) is 4.79 Å². The van der Waals surface area contributed by atoms with Gasteiger partial charge in [-0.2, -0.15) is 0 Å². The second kappa shape index (κ2) is 6.70. The monoisotopic (exact) mass is 324 g/mol. The lowest BCUT2D eigenvalue weighted by atomic mass is 10.1. The average Bonchev–Trinajstić information content (AvgIpc) is 2.40. The highest BCUT2D eigenvalue weighted by Gasteiger charge is 2.09. The minimum atomic E-state index is -0.179. The Kier molecular flexibility index (Phi) is 4.94. The first-order valence-corrected chi connectivity index (χ1v) is 7.07. The molecule has 0 saturated heterocycles. The predicted molar refractivity (Wildman–Crippen MR) is 85.4 cm³/mol. The summed E-state index contributed by atoms with van der Waals surface area (Å²) in [4.78, 5) is 11.7. The number of anilines is 1. The quantitative estimate of drug-likeness (QED) is 0.831. The standard InChI is InChI=1S/C15H14Cl2N2O2/c1-2-19-15(20)9-3-4-14(13(18)5-9)21-12-7-10(16)6-11(17)8-12/h3-8H,2,18H2,1H3,(H,19,20). The molecular formula is C15H14Cl2N2O2. The van der Waals surface area contributed by atoms with E-state index in [2.05, 4.69) is 5.32 Å². The highest BCUT2D eigenvalue weighted by molar-refractivity contribution is 6.34. The maximum atomic E-state index is 11.7. The van der Waals surface area contributed by atoms with Crippen LogP contribution in [0, 0.1) is 0 Å². The zero-order chi connectivity index (χ0) is 15.4. The molecule has 2 aromatic carbocycles. The van der Waals surface area contributed by atoms with Crippen LogP contribution in [0.4, 0.5) is 5.69 Å². The SMILES string of the molecule is CCNC(=O)c1ccc(Oc2cc(Cl)cc(Cl)c2)c(N)c1. The number of nitrogen functional groups attached to an aromatic ring is 1. The van der Waals surface area contributed by atoms with Gasteiger partial charge in [-0.25, -0.2) is 0 Å². The Bertz CT molecular complexity index is 654. The highest BCUT2D eigenvalue weighted by Crippen LogP contribution is 2.31. The summed E-state index contributed by atoms with van der Waals surface area (Å²) in [7, 11) is 0. The molecule has 0 aliphatic rings. The van der Waals surface area contributed by atoms with Gasteiger partial charge in [0.1, 0.15) is 11.5 Å². The van der Waals surface area contributed by atoms with Crippen molar-refractivity contribution in [1.29, 1.82) is 0 Å². The summed E-state index contributed by atoms with van der Waals surface area (Å²) < 4.78 is 5.64. The summed E-state index contributed by atoms with van der Waals surface area (Å²) in [5.74, 6) is 0.730. The van der Waals surface area contributed by atoms with Gasteiger partial charge >= 0.3 is 0 Å². The van der Waals surface area contributed by atoms with E-state index in [-0.39, 0.29) is 5.91 Å². The number of hydrogen-bond acceptors (Lipinski definition) is 3.